The number of aliphatic imine (C=N–C) groups is 1. The summed E-state index contributed by atoms with van der Waals surface area (Å²) in [4.78, 5) is 17.3. The van der Waals surface area contributed by atoms with Crippen molar-refractivity contribution in [2.45, 2.75) is 44.0 Å². The van der Waals surface area contributed by atoms with Crippen molar-refractivity contribution in [2.75, 3.05) is 26.4 Å². The Morgan fingerprint density at radius 1 is 1.24 bits per heavy atom. The number of amides is 1. The maximum atomic E-state index is 11.8. The van der Waals surface area contributed by atoms with E-state index in [-0.39, 0.29) is 11.8 Å². The van der Waals surface area contributed by atoms with Gasteiger partial charge in [0.1, 0.15) is 0 Å². The molecular formula is C19H30N4OS. The zero-order chi connectivity index (χ0) is 18.1. The van der Waals surface area contributed by atoms with Crippen LogP contribution in [0, 0.1) is 12.8 Å². The standard InChI is InChI=1S/C19H30N4OS/c1-14-8-9-16(17(12-14)25-3)13-23-19(20-2)22-11-5-10-21-18(24)15-6-4-7-15/h8-9,12,15H,4-7,10-11,13H2,1-3H3,(H,21,24)(H2,20,22,23). The second-order valence-corrected chi connectivity index (χ2v) is 7.29. The quantitative estimate of drug-likeness (QED) is 0.288. The van der Waals surface area contributed by atoms with Crippen LogP contribution in [0.3, 0.4) is 0 Å². The van der Waals surface area contributed by atoms with Gasteiger partial charge in [-0.1, -0.05) is 18.6 Å². The number of aryl methyl sites for hydroxylation is 1. The number of carbonyl (C=O) groups excluding carboxylic acids is 1. The number of rotatable bonds is 8. The van der Waals surface area contributed by atoms with Crippen molar-refractivity contribution in [1.82, 2.24) is 16.0 Å². The number of thioether (sulfide) groups is 1. The molecule has 0 unspecified atom stereocenters. The third-order valence-electron chi connectivity index (χ3n) is 4.53. The molecule has 1 aromatic rings. The summed E-state index contributed by atoms with van der Waals surface area (Å²) in [6.07, 6.45) is 6.29. The van der Waals surface area contributed by atoms with Crippen LogP contribution in [0.15, 0.2) is 28.1 Å². The van der Waals surface area contributed by atoms with E-state index in [4.69, 9.17) is 0 Å². The molecule has 138 valence electrons. The minimum atomic E-state index is 0.220. The summed E-state index contributed by atoms with van der Waals surface area (Å²) in [5, 5.41) is 9.67. The Balaban J connectivity index is 1.66. The molecule has 0 saturated heterocycles. The smallest absolute Gasteiger partial charge is 0.223 e. The number of nitrogens with zero attached hydrogens (tertiary/aromatic N) is 1. The largest absolute Gasteiger partial charge is 0.356 e. The van der Waals surface area contributed by atoms with Gasteiger partial charge < -0.3 is 16.0 Å². The van der Waals surface area contributed by atoms with Gasteiger partial charge in [0, 0.05) is 37.5 Å². The van der Waals surface area contributed by atoms with Gasteiger partial charge in [0.15, 0.2) is 5.96 Å². The molecule has 1 aliphatic rings. The summed E-state index contributed by atoms with van der Waals surface area (Å²) in [5.74, 6) is 1.28. The van der Waals surface area contributed by atoms with E-state index in [0.29, 0.717) is 6.54 Å². The van der Waals surface area contributed by atoms with Gasteiger partial charge in [0.25, 0.3) is 0 Å². The summed E-state index contributed by atoms with van der Waals surface area (Å²) < 4.78 is 0. The molecule has 6 heteroatoms. The number of hydrogen-bond donors (Lipinski definition) is 3. The molecule has 0 aliphatic heterocycles. The molecule has 2 rings (SSSR count). The average molecular weight is 363 g/mol. The number of nitrogens with one attached hydrogen (secondary N) is 3. The molecule has 1 saturated carbocycles. The highest BCUT2D eigenvalue weighted by Crippen LogP contribution is 2.26. The maximum Gasteiger partial charge on any atom is 0.223 e. The Morgan fingerprint density at radius 2 is 2.00 bits per heavy atom. The van der Waals surface area contributed by atoms with Crippen molar-refractivity contribution in [3.8, 4) is 0 Å². The van der Waals surface area contributed by atoms with Gasteiger partial charge in [-0.2, -0.15) is 0 Å². The van der Waals surface area contributed by atoms with Crippen LogP contribution in [0.25, 0.3) is 0 Å². The van der Waals surface area contributed by atoms with Crippen LogP contribution in [0.1, 0.15) is 36.8 Å². The Labute approximate surface area is 155 Å². The number of guanidine groups is 1. The highest BCUT2D eigenvalue weighted by Gasteiger charge is 2.24. The van der Waals surface area contributed by atoms with Gasteiger partial charge in [-0.3, -0.25) is 9.79 Å². The second-order valence-electron chi connectivity index (χ2n) is 6.44. The lowest BCUT2D eigenvalue weighted by molar-refractivity contribution is -0.127. The molecule has 0 bridgehead atoms. The molecular weight excluding hydrogens is 332 g/mol. The van der Waals surface area contributed by atoms with Crippen LogP contribution in [0.4, 0.5) is 0 Å². The molecule has 25 heavy (non-hydrogen) atoms. The van der Waals surface area contributed by atoms with Gasteiger partial charge in [0.05, 0.1) is 0 Å². The zero-order valence-corrected chi connectivity index (χ0v) is 16.3. The van der Waals surface area contributed by atoms with Gasteiger partial charge in [0.2, 0.25) is 5.91 Å². The fourth-order valence-corrected chi connectivity index (χ4v) is 3.43. The van der Waals surface area contributed by atoms with Crippen LogP contribution in [0.2, 0.25) is 0 Å². The Bertz CT molecular complexity index is 599. The molecule has 0 atom stereocenters. The van der Waals surface area contributed by atoms with Gasteiger partial charge in [-0.25, -0.2) is 0 Å². The molecule has 1 aromatic carbocycles. The summed E-state index contributed by atoms with van der Waals surface area (Å²) in [6.45, 7) is 4.36. The van der Waals surface area contributed by atoms with Crippen molar-refractivity contribution in [3.63, 3.8) is 0 Å². The normalized spacial score (nSPS) is 14.8. The molecule has 0 heterocycles. The third kappa shape index (κ3) is 6.27. The number of benzene rings is 1. The lowest BCUT2D eigenvalue weighted by Gasteiger charge is -2.24. The highest BCUT2D eigenvalue weighted by atomic mass is 32.2. The molecule has 0 aromatic heterocycles. The average Bonchev–Trinajstić information content (AvgIpc) is 2.56. The maximum absolute atomic E-state index is 11.8. The van der Waals surface area contributed by atoms with E-state index in [1.165, 1.54) is 22.4 Å². The first kappa shape index (κ1) is 19.6. The zero-order valence-electron chi connectivity index (χ0n) is 15.5. The summed E-state index contributed by atoms with van der Waals surface area (Å²) >= 11 is 1.76. The third-order valence-corrected chi connectivity index (χ3v) is 5.35. The predicted octanol–water partition coefficient (Wildman–Crippen LogP) is 2.69. The monoisotopic (exact) mass is 362 g/mol. The lowest BCUT2D eigenvalue weighted by Crippen LogP contribution is -2.39. The topological polar surface area (TPSA) is 65.5 Å². The van der Waals surface area contributed by atoms with Gasteiger partial charge in [-0.15, -0.1) is 11.8 Å². The van der Waals surface area contributed by atoms with E-state index in [1.54, 1.807) is 18.8 Å². The van der Waals surface area contributed by atoms with Crippen molar-refractivity contribution in [1.29, 1.82) is 0 Å². The number of hydrogen-bond acceptors (Lipinski definition) is 3. The van der Waals surface area contributed by atoms with Gasteiger partial charge >= 0.3 is 0 Å². The fraction of sp³-hybridized carbons (Fsp3) is 0.579. The van der Waals surface area contributed by atoms with E-state index in [2.05, 4.69) is 52.3 Å². The van der Waals surface area contributed by atoms with Crippen molar-refractivity contribution >= 4 is 23.6 Å². The highest BCUT2D eigenvalue weighted by molar-refractivity contribution is 7.98. The fourth-order valence-electron chi connectivity index (χ4n) is 2.72. The van der Waals surface area contributed by atoms with Crippen LogP contribution in [-0.2, 0) is 11.3 Å². The number of carbonyl (C=O) groups is 1. The molecule has 3 N–H and O–H groups in total. The molecule has 1 aliphatic carbocycles. The Kier molecular flexibility index (Phi) is 8.12. The molecule has 1 amide bonds. The minimum Gasteiger partial charge on any atom is -0.356 e. The van der Waals surface area contributed by atoms with E-state index < -0.39 is 0 Å². The van der Waals surface area contributed by atoms with E-state index >= 15 is 0 Å². The predicted molar refractivity (Wildman–Crippen MR) is 106 cm³/mol. The molecule has 0 spiro atoms. The first-order valence-corrected chi connectivity index (χ1v) is 10.2. The first-order valence-electron chi connectivity index (χ1n) is 8.99. The van der Waals surface area contributed by atoms with E-state index in [1.807, 2.05) is 0 Å². The van der Waals surface area contributed by atoms with E-state index in [0.717, 1.165) is 38.3 Å². The van der Waals surface area contributed by atoms with Crippen molar-refractivity contribution in [3.05, 3.63) is 29.3 Å². The first-order chi connectivity index (χ1) is 12.1. The SMILES string of the molecule is CN=C(NCCCNC(=O)C1CCC1)NCc1ccc(C)cc1SC. The second kappa shape index (κ2) is 10.3. The summed E-state index contributed by atoms with van der Waals surface area (Å²) in [7, 11) is 1.78. The van der Waals surface area contributed by atoms with Crippen molar-refractivity contribution in [2.24, 2.45) is 10.9 Å². The lowest BCUT2D eigenvalue weighted by atomic mass is 9.85. The molecule has 1 fully saturated rings. The van der Waals surface area contributed by atoms with Gasteiger partial charge in [-0.05, 0) is 49.6 Å². The van der Waals surface area contributed by atoms with E-state index in [9.17, 15) is 4.79 Å². The summed E-state index contributed by atoms with van der Waals surface area (Å²) in [6, 6.07) is 6.51. The van der Waals surface area contributed by atoms with Crippen molar-refractivity contribution < 1.29 is 4.79 Å². The molecule has 5 nitrogen and oxygen atoms in total. The minimum absolute atomic E-state index is 0.220. The summed E-state index contributed by atoms with van der Waals surface area (Å²) in [5.41, 5.74) is 2.55. The van der Waals surface area contributed by atoms with Crippen LogP contribution in [-0.4, -0.2) is 38.3 Å². The van der Waals surface area contributed by atoms with Crippen LogP contribution in [0.5, 0.6) is 0 Å². The Morgan fingerprint density at radius 3 is 2.64 bits per heavy atom. The van der Waals surface area contributed by atoms with Crippen LogP contribution >= 0.6 is 11.8 Å². The molecule has 0 radical (unpaired) electrons. The van der Waals surface area contributed by atoms with Crippen LogP contribution < -0.4 is 16.0 Å². The Hall–Kier alpha value is -1.69.